The summed E-state index contributed by atoms with van der Waals surface area (Å²) >= 11 is 0. The van der Waals surface area contributed by atoms with Crippen LogP contribution in [0.25, 0.3) is 0 Å². The Bertz CT molecular complexity index is 231. The monoisotopic (exact) mass is 149 g/mol. The second-order valence-corrected chi connectivity index (χ2v) is 2.68. The highest BCUT2D eigenvalue weighted by atomic mass is 16.3. The quantitative estimate of drug-likeness (QED) is 0.613. The summed E-state index contributed by atoms with van der Waals surface area (Å²) in [7, 11) is 0. The van der Waals surface area contributed by atoms with Crippen molar-refractivity contribution in [1.82, 2.24) is 4.98 Å². The molecule has 0 bridgehead atoms. The maximum Gasteiger partial charge on any atom is 0.128 e. The van der Waals surface area contributed by atoms with Crippen molar-refractivity contribution in [1.29, 1.82) is 0 Å². The molecule has 1 aliphatic heterocycles. The number of rotatable bonds is 1. The lowest BCUT2D eigenvalue weighted by Gasteiger charge is -2.36. The smallest absolute Gasteiger partial charge is 0.128 e. The molecule has 3 nitrogen and oxygen atoms in total. The Morgan fingerprint density at radius 3 is 3.00 bits per heavy atom. The first-order valence-corrected chi connectivity index (χ1v) is 3.61. The number of hydrogen-bond acceptors (Lipinski definition) is 3. The zero-order chi connectivity index (χ0) is 7.68. The van der Waals surface area contributed by atoms with Gasteiger partial charge in [-0.15, -0.1) is 0 Å². The number of aliphatic hydroxyl groups is 1. The van der Waals surface area contributed by atoms with E-state index in [2.05, 4.69) is 11.1 Å². The molecule has 0 spiro atoms. The van der Waals surface area contributed by atoms with Crippen LogP contribution in [-0.2, 0) is 0 Å². The summed E-state index contributed by atoms with van der Waals surface area (Å²) in [4.78, 5) is 6.12. The topological polar surface area (TPSA) is 36.4 Å². The van der Waals surface area contributed by atoms with Gasteiger partial charge in [-0.1, -0.05) is 0 Å². The summed E-state index contributed by atoms with van der Waals surface area (Å²) in [6, 6.07) is 6.57. The van der Waals surface area contributed by atoms with Crippen LogP contribution in [-0.4, -0.2) is 29.3 Å². The third kappa shape index (κ3) is 1.19. The van der Waals surface area contributed by atoms with Gasteiger partial charge in [0.2, 0.25) is 0 Å². The molecule has 1 radical (unpaired) electrons. The maximum absolute atomic E-state index is 9.00. The highest BCUT2D eigenvalue weighted by Gasteiger charge is 2.24. The number of hydrogen-bond donors (Lipinski definition) is 1. The number of anilines is 1. The van der Waals surface area contributed by atoms with Crippen LogP contribution in [0.3, 0.4) is 0 Å². The van der Waals surface area contributed by atoms with Crippen molar-refractivity contribution in [2.24, 2.45) is 0 Å². The van der Waals surface area contributed by atoms with E-state index in [4.69, 9.17) is 5.11 Å². The van der Waals surface area contributed by atoms with Gasteiger partial charge in [0.05, 0.1) is 6.10 Å². The van der Waals surface area contributed by atoms with Gasteiger partial charge >= 0.3 is 0 Å². The number of pyridine rings is 1. The minimum Gasteiger partial charge on any atom is -0.389 e. The Hall–Kier alpha value is -1.09. The van der Waals surface area contributed by atoms with Gasteiger partial charge in [0.25, 0.3) is 0 Å². The molecule has 1 fully saturated rings. The molecule has 2 rings (SSSR count). The molecular weight excluding hydrogens is 140 g/mol. The largest absolute Gasteiger partial charge is 0.389 e. The summed E-state index contributed by atoms with van der Waals surface area (Å²) in [5.41, 5.74) is 0. The van der Waals surface area contributed by atoms with Gasteiger partial charge in [-0.3, -0.25) is 0 Å². The summed E-state index contributed by atoms with van der Waals surface area (Å²) in [6.07, 6.45) is 1.47. The van der Waals surface area contributed by atoms with Crippen molar-refractivity contribution >= 4 is 5.82 Å². The van der Waals surface area contributed by atoms with E-state index in [0.717, 1.165) is 5.82 Å². The number of β-amino-alcohol motifs (C(OH)–C–C–N with tert-alkyl or cyclic N) is 1. The van der Waals surface area contributed by atoms with Gasteiger partial charge in [0, 0.05) is 25.4 Å². The van der Waals surface area contributed by atoms with Gasteiger partial charge in [-0.05, 0) is 12.1 Å². The summed E-state index contributed by atoms with van der Waals surface area (Å²) in [5.74, 6) is 0.925. The highest BCUT2D eigenvalue weighted by Crippen LogP contribution is 2.16. The lowest BCUT2D eigenvalue weighted by atomic mass is 10.2. The molecule has 1 aromatic heterocycles. The Morgan fingerprint density at radius 2 is 2.45 bits per heavy atom. The van der Waals surface area contributed by atoms with E-state index in [1.54, 1.807) is 6.20 Å². The summed E-state index contributed by atoms with van der Waals surface area (Å²) in [5, 5.41) is 9.00. The molecule has 0 aromatic carbocycles. The van der Waals surface area contributed by atoms with Crippen LogP contribution in [0.4, 0.5) is 5.82 Å². The van der Waals surface area contributed by atoms with Gasteiger partial charge < -0.3 is 10.0 Å². The van der Waals surface area contributed by atoms with Crippen LogP contribution < -0.4 is 4.90 Å². The minimum absolute atomic E-state index is 0.166. The first-order valence-electron chi connectivity index (χ1n) is 3.61. The molecule has 0 amide bonds. The van der Waals surface area contributed by atoms with E-state index in [-0.39, 0.29) is 6.10 Å². The molecule has 57 valence electrons. The molecule has 1 aromatic rings. The third-order valence-corrected chi connectivity index (χ3v) is 1.79. The zero-order valence-electron chi connectivity index (χ0n) is 6.07. The van der Waals surface area contributed by atoms with Crippen molar-refractivity contribution in [2.45, 2.75) is 6.10 Å². The number of nitrogens with zero attached hydrogens (tertiary/aromatic N) is 2. The summed E-state index contributed by atoms with van der Waals surface area (Å²) < 4.78 is 0. The minimum atomic E-state index is -0.166. The van der Waals surface area contributed by atoms with Crippen LogP contribution in [0.1, 0.15) is 0 Å². The molecule has 2 heterocycles. The second-order valence-electron chi connectivity index (χ2n) is 2.68. The average Bonchev–Trinajstić information content (AvgIpc) is 2.01. The molecule has 0 aliphatic carbocycles. The summed E-state index contributed by atoms with van der Waals surface area (Å²) in [6.45, 7) is 1.41. The van der Waals surface area contributed by atoms with E-state index in [1.807, 2.05) is 17.0 Å². The van der Waals surface area contributed by atoms with E-state index in [1.165, 1.54) is 0 Å². The van der Waals surface area contributed by atoms with E-state index >= 15 is 0 Å². The van der Waals surface area contributed by atoms with Crippen LogP contribution in [0.2, 0.25) is 0 Å². The normalized spacial score (nSPS) is 18.1. The fourth-order valence-electron chi connectivity index (χ4n) is 1.14. The third-order valence-electron chi connectivity index (χ3n) is 1.79. The number of aliphatic hydroxyl groups excluding tert-OH is 1. The molecule has 1 saturated heterocycles. The fourth-order valence-corrected chi connectivity index (χ4v) is 1.14. The van der Waals surface area contributed by atoms with Crippen LogP contribution in [0.5, 0.6) is 0 Å². The Kier molecular flexibility index (Phi) is 1.51. The first kappa shape index (κ1) is 6.61. The van der Waals surface area contributed by atoms with Gasteiger partial charge in [0.15, 0.2) is 0 Å². The molecule has 3 heteroatoms. The van der Waals surface area contributed by atoms with Gasteiger partial charge in [0.1, 0.15) is 5.82 Å². The van der Waals surface area contributed by atoms with Gasteiger partial charge in [-0.25, -0.2) is 4.98 Å². The standard InChI is InChI=1S/C8H9N2O/c11-7-5-10(6-7)8-3-1-2-4-9-8/h1,3-4,7,11H,5-6H2. The molecule has 1 N–H and O–H groups in total. The average molecular weight is 149 g/mol. The highest BCUT2D eigenvalue weighted by molar-refractivity contribution is 5.40. The fraction of sp³-hybridized carbons (Fsp3) is 0.375. The lowest BCUT2D eigenvalue weighted by molar-refractivity contribution is 0.141. The molecule has 1 aliphatic rings. The van der Waals surface area contributed by atoms with Crippen LogP contribution in [0, 0.1) is 6.07 Å². The van der Waals surface area contributed by atoms with Crippen molar-refractivity contribution in [3.8, 4) is 0 Å². The predicted molar refractivity (Wildman–Crippen MR) is 41.3 cm³/mol. The van der Waals surface area contributed by atoms with Gasteiger partial charge in [-0.2, -0.15) is 0 Å². The Balaban J connectivity index is 2.08. The Labute approximate surface area is 65.3 Å². The molecular formula is C8H9N2O. The molecule has 0 unspecified atom stereocenters. The van der Waals surface area contributed by atoms with Crippen LogP contribution >= 0.6 is 0 Å². The van der Waals surface area contributed by atoms with Crippen molar-refractivity contribution in [3.63, 3.8) is 0 Å². The van der Waals surface area contributed by atoms with E-state index < -0.39 is 0 Å². The lowest BCUT2D eigenvalue weighted by Crippen LogP contribution is -2.51. The van der Waals surface area contributed by atoms with E-state index in [0.29, 0.717) is 13.1 Å². The van der Waals surface area contributed by atoms with E-state index in [9.17, 15) is 0 Å². The Morgan fingerprint density at radius 1 is 1.64 bits per heavy atom. The van der Waals surface area contributed by atoms with Crippen molar-refractivity contribution in [2.75, 3.05) is 18.0 Å². The molecule has 0 atom stereocenters. The number of aromatic nitrogens is 1. The first-order chi connectivity index (χ1) is 5.36. The predicted octanol–water partition coefficient (Wildman–Crippen LogP) is 0.0627. The zero-order valence-corrected chi connectivity index (χ0v) is 6.07. The molecule has 0 saturated carbocycles. The van der Waals surface area contributed by atoms with Crippen molar-refractivity contribution < 1.29 is 5.11 Å². The van der Waals surface area contributed by atoms with Crippen LogP contribution in [0.15, 0.2) is 18.3 Å². The van der Waals surface area contributed by atoms with Crippen molar-refractivity contribution in [3.05, 3.63) is 24.4 Å². The molecule has 11 heavy (non-hydrogen) atoms. The second kappa shape index (κ2) is 2.51. The maximum atomic E-state index is 9.00. The SMILES string of the molecule is OC1CN(c2cc[c]cn2)C1.